The van der Waals surface area contributed by atoms with E-state index in [1.807, 2.05) is 13.8 Å². The lowest BCUT2D eigenvalue weighted by atomic mass is 9.95. The SMILES string of the molecule is COc1ncccc1NC(=O)C(CN)C(C)C. The van der Waals surface area contributed by atoms with E-state index in [2.05, 4.69) is 10.3 Å². The van der Waals surface area contributed by atoms with Crippen LogP contribution in [-0.2, 0) is 4.79 Å². The predicted molar refractivity (Wildman–Crippen MR) is 66.8 cm³/mol. The lowest BCUT2D eigenvalue weighted by molar-refractivity contribution is -0.120. The summed E-state index contributed by atoms with van der Waals surface area (Å²) in [6, 6.07) is 3.49. The van der Waals surface area contributed by atoms with E-state index in [0.29, 0.717) is 18.1 Å². The van der Waals surface area contributed by atoms with Crippen LogP contribution in [0.3, 0.4) is 0 Å². The minimum Gasteiger partial charge on any atom is -0.480 e. The van der Waals surface area contributed by atoms with Gasteiger partial charge in [0.2, 0.25) is 11.8 Å². The third kappa shape index (κ3) is 3.42. The molecule has 0 aliphatic rings. The van der Waals surface area contributed by atoms with Crippen molar-refractivity contribution >= 4 is 11.6 Å². The number of anilines is 1. The maximum Gasteiger partial charge on any atom is 0.237 e. The van der Waals surface area contributed by atoms with E-state index in [1.54, 1.807) is 18.3 Å². The first-order valence-corrected chi connectivity index (χ1v) is 5.60. The third-order valence-electron chi connectivity index (χ3n) is 2.62. The topological polar surface area (TPSA) is 77.2 Å². The van der Waals surface area contributed by atoms with Gasteiger partial charge in [0.15, 0.2) is 0 Å². The molecule has 0 fully saturated rings. The minimum absolute atomic E-state index is 0.103. The molecule has 0 saturated carbocycles. The molecular formula is C12H19N3O2. The normalized spacial score (nSPS) is 12.3. The number of nitrogens with one attached hydrogen (secondary N) is 1. The summed E-state index contributed by atoms with van der Waals surface area (Å²) in [5, 5.41) is 2.79. The third-order valence-corrected chi connectivity index (χ3v) is 2.62. The first-order chi connectivity index (χ1) is 8.10. The quantitative estimate of drug-likeness (QED) is 0.808. The zero-order chi connectivity index (χ0) is 12.8. The minimum atomic E-state index is -0.208. The molecule has 1 aromatic rings. The predicted octanol–water partition coefficient (Wildman–Crippen LogP) is 1.26. The van der Waals surface area contributed by atoms with E-state index in [0.717, 1.165) is 0 Å². The van der Waals surface area contributed by atoms with Gasteiger partial charge in [-0.05, 0) is 18.1 Å². The number of carbonyl (C=O) groups excluding carboxylic acids is 1. The second-order valence-electron chi connectivity index (χ2n) is 4.14. The van der Waals surface area contributed by atoms with Crippen LogP contribution in [-0.4, -0.2) is 24.5 Å². The maximum atomic E-state index is 12.0. The van der Waals surface area contributed by atoms with E-state index < -0.39 is 0 Å². The first-order valence-electron chi connectivity index (χ1n) is 5.60. The van der Waals surface area contributed by atoms with Gasteiger partial charge in [0.05, 0.1) is 13.0 Å². The highest BCUT2D eigenvalue weighted by molar-refractivity contribution is 5.93. The fraction of sp³-hybridized carbons (Fsp3) is 0.500. The molecule has 0 bridgehead atoms. The van der Waals surface area contributed by atoms with Crippen molar-refractivity contribution in [2.75, 3.05) is 19.0 Å². The highest BCUT2D eigenvalue weighted by Gasteiger charge is 2.21. The molecule has 1 rings (SSSR count). The molecule has 1 atom stereocenters. The molecule has 0 aliphatic heterocycles. The second kappa shape index (κ2) is 6.20. The molecule has 5 nitrogen and oxygen atoms in total. The van der Waals surface area contributed by atoms with Crippen molar-refractivity contribution in [2.45, 2.75) is 13.8 Å². The summed E-state index contributed by atoms with van der Waals surface area (Å²) in [7, 11) is 1.51. The van der Waals surface area contributed by atoms with E-state index in [1.165, 1.54) is 7.11 Å². The molecule has 1 amide bonds. The molecular weight excluding hydrogens is 218 g/mol. The second-order valence-corrected chi connectivity index (χ2v) is 4.14. The Morgan fingerprint density at radius 3 is 2.82 bits per heavy atom. The molecule has 0 aliphatic carbocycles. The Hall–Kier alpha value is -1.62. The highest BCUT2D eigenvalue weighted by atomic mass is 16.5. The number of nitrogens with zero attached hydrogens (tertiary/aromatic N) is 1. The van der Waals surface area contributed by atoms with Crippen LogP contribution in [0.2, 0.25) is 0 Å². The van der Waals surface area contributed by atoms with Crippen LogP contribution >= 0.6 is 0 Å². The fourth-order valence-electron chi connectivity index (χ4n) is 1.56. The molecule has 0 aromatic carbocycles. The van der Waals surface area contributed by atoms with Crippen molar-refractivity contribution in [1.29, 1.82) is 0 Å². The number of ether oxygens (including phenoxy) is 1. The largest absolute Gasteiger partial charge is 0.480 e. The Labute approximate surface area is 101 Å². The van der Waals surface area contributed by atoms with Gasteiger partial charge >= 0.3 is 0 Å². The zero-order valence-electron chi connectivity index (χ0n) is 10.4. The lowest BCUT2D eigenvalue weighted by Gasteiger charge is -2.18. The standard InChI is InChI=1S/C12H19N3O2/c1-8(2)9(7-13)11(16)15-10-5-4-6-14-12(10)17-3/h4-6,8-9H,7,13H2,1-3H3,(H,15,16). The summed E-state index contributed by atoms with van der Waals surface area (Å²) >= 11 is 0. The van der Waals surface area contributed by atoms with Gasteiger partial charge in [-0.3, -0.25) is 4.79 Å². The lowest BCUT2D eigenvalue weighted by Crippen LogP contribution is -2.33. The molecule has 3 N–H and O–H groups in total. The van der Waals surface area contributed by atoms with E-state index in [4.69, 9.17) is 10.5 Å². The Bertz CT molecular complexity index is 380. The number of methoxy groups -OCH3 is 1. The van der Waals surface area contributed by atoms with Crippen molar-refractivity contribution < 1.29 is 9.53 Å². The van der Waals surface area contributed by atoms with Crippen LogP contribution in [0.25, 0.3) is 0 Å². The van der Waals surface area contributed by atoms with Gasteiger partial charge in [-0.2, -0.15) is 0 Å². The monoisotopic (exact) mass is 237 g/mol. The van der Waals surface area contributed by atoms with E-state index in [9.17, 15) is 4.79 Å². The van der Waals surface area contributed by atoms with Crippen molar-refractivity contribution in [3.05, 3.63) is 18.3 Å². The molecule has 1 aromatic heterocycles. The summed E-state index contributed by atoms with van der Waals surface area (Å²) in [6.07, 6.45) is 1.61. The van der Waals surface area contributed by atoms with Crippen LogP contribution in [0.5, 0.6) is 5.88 Å². The molecule has 1 heterocycles. The van der Waals surface area contributed by atoms with Crippen LogP contribution < -0.4 is 15.8 Å². The van der Waals surface area contributed by atoms with Gasteiger partial charge < -0.3 is 15.8 Å². The Morgan fingerprint density at radius 1 is 1.59 bits per heavy atom. The van der Waals surface area contributed by atoms with Gasteiger partial charge in [0.25, 0.3) is 0 Å². The number of hydrogen-bond acceptors (Lipinski definition) is 4. The molecule has 17 heavy (non-hydrogen) atoms. The fourth-order valence-corrected chi connectivity index (χ4v) is 1.56. The number of carbonyl (C=O) groups is 1. The van der Waals surface area contributed by atoms with Crippen LogP contribution in [0, 0.1) is 11.8 Å². The zero-order valence-corrected chi connectivity index (χ0v) is 10.4. The number of aromatic nitrogens is 1. The summed E-state index contributed by atoms with van der Waals surface area (Å²) in [6.45, 7) is 4.27. The van der Waals surface area contributed by atoms with Crippen LogP contribution in [0.4, 0.5) is 5.69 Å². The Kier molecular flexibility index (Phi) is 4.90. The molecule has 0 saturated heterocycles. The Balaban J connectivity index is 2.80. The summed E-state index contributed by atoms with van der Waals surface area (Å²) in [4.78, 5) is 16.0. The van der Waals surface area contributed by atoms with E-state index >= 15 is 0 Å². The van der Waals surface area contributed by atoms with Gasteiger partial charge in [0.1, 0.15) is 5.69 Å². The molecule has 0 radical (unpaired) electrons. The van der Waals surface area contributed by atoms with Gasteiger partial charge in [-0.15, -0.1) is 0 Å². The number of amides is 1. The van der Waals surface area contributed by atoms with Crippen molar-refractivity contribution in [3.8, 4) is 5.88 Å². The van der Waals surface area contributed by atoms with Crippen LogP contribution in [0.1, 0.15) is 13.8 Å². The van der Waals surface area contributed by atoms with Gasteiger partial charge in [-0.25, -0.2) is 4.98 Å². The summed E-state index contributed by atoms with van der Waals surface area (Å²) in [5.41, 5.74) is 6.16. The number of rotatable bonds is 5. The van der Waals surface area contributed by atoms with Crippen molar-refractivity contribution in [3.63, 3.8) is 0 Å². The van der Waals surface area contributed by atoms with Crippen molar-refractivity contribution in [1.82, 2.24) is 4.98 Å². The average Bonchev–Trinajstić information content (AvgIpc) is 2.30. The van der Waals surface area contributed by atoms with E-state index in [-0.39, 0.29) is 17.7 Å². The molecule has 0 spiro atoms. The molecule has 5 heteroatoms. The Morgan fingerprint density at radius 2 is 2.29 bits per heavy atom. The first kappa shape index (κ1) is 13.4. The number of nitrogens with two attached hydrogens (primary N) is 1. The number of hydrogen-bond donors (Lipinski definition) is 2. The average molecular weight is 237 g/mol. The van der Waals surface area contributed by atoms with Crippen molar-refractivity contribution in [2.24, 2.45) is 17.6 Å². The molecule has 94 valence electrons. The molecule has 1 unspecified atom stereocenters. The smallest absolute Gasteiger partial charge is 0.237 e. The maximum absolute atomic E-state index is 12.0. The van der Waals surface area contributed by atoms with Gasteiger partial charge in [-0.1, -0.05) is 13.8 Å². The summed E-state index contributed by atoms with van der Waals surface area (Å²) < 4.78 is 5.06. The summed E-state index contributed by atoms with van der Waals surface area (Å²) in [5.74, 6) is 0.289. The van der Waals surface area contributed by atoms with Crippen LogP contribution in [0.15, 0.2) is 18.3 Å². The van der Waals surface area contributed by atoms with Gasteiger partial charge in [0, 0.05) is 12.7 Å². The number of pyridine rings is 1. The highest BCUT2D eigenvalue weighted by Crippen LogP contribution is 2.21.